The van der Waals surface area contributed by atoms with Gasteiger partial charge >= 0.3 is 0 Å². The summed E-state index contributed by atoms with van der Waals surface area (Å²) in [5.41, 5.74) is 2.20. The van der Waals surface area contributed by atoms with Gasteiger partial charge in [-0.05, 0) is 56.0 Å². The second kappa shape index (κ2) is 9.20. The van der Waals surface area contributed by atoms with Crippen LogP contribution < -0.4 is 5.32 Å². The molecule has 124 valence electrons. The summed E-state index contributed by atoms with van der Waals surface area (Å²) in [6.07, 6.45) is 5.68. The molecule has 0 aliphatic carbocycles. The van der Waals surface area contributed by atoms with Gasteiger partial charge in [-0.2, -0.15) is 0 Å². The molecule has 1 fully saturated rings. The number of hydrogen-bond donors (Lipinski definition) is 1. The Morgan fingerprint density at radius 3 is 2.35 bits per heavy atom. The molecule has 0 bridgehead atoms. The van der Waals surface area contributed by atoms with Crippen LogP contribution in [-0.4, -0.2) is 49.4 Å². The Labute approximate surface area is 137 Å². The van der Waals surface area contributed by atoms with Gasteiger partial charge in [-0.1, -0.05) is 12.1 Å². The number of piperidine rings is 1. The van der Waals surface area contributed by atoms with E-state index < -0.39 is 0 Å². The van der Waals surface area contributed by atoms with Crippen molar-refractivity contribution in [2.75, 3.05) is 25.0 Å². The highest BCUT2D eigenvalue weighted by molar-refractivity contribution is 5.65. The molecular weight excluding hydrogens is 292 g/mol. The molecular formula is C18H24N2O3. The van der Waals surface area contributed by atoms with Gasteiger partial charge in [0.2, 0.25) is 0 Å². The van der Waals surface area contributed by atoms with E-state index in [2.05, 4.69) is 22.3 Å². The van der Waals surface area contributed by atoms with Crippen molar-refractivity contribution in [3.05, 3.63) is 29.8 Å². The molecule has 23 heavy (non-hydrogen) atoms. The number of hydrogen-bond acceptors (Lipinski definition) is 5. The summed E-state index contributed by atoms with van der Waals surface area (Å²) in [5, 5.41) is 3.14. The first-order valence-corrected chi connectivity index (χ1v) is 8.18. The van der Waals surface area contributed by atoms with E-state index in [9.17, 15) is 14.4 Å². The van der Waals surface area contributed by atoms with Crippen LogP contribution in [0.4, 0.5) is 5.69 Å². The summed E-state index contributed by atoms with van der Waals surface area (Å²) in [6, 6.07) is 7.86. The summed E-state index contributed by atoms with van der Waals surface area (Å²) >= 11 is 0. The van der Waals surface area contributed by atoms with Crippen LogP contribution in [0.3, 0.4) is 0 Å². The molecule has 5 nitrogen and oxygen atoms in total. The van der Waals surface area contributed by atoms with Crippen LogP contribution in [0.2, 0.25) is 0 Å². The molecule has 0 radical (unpaired) electrons. The normalized spacial score (nSPS) is 17.4. The van der Waals surface area contributed by atoms with Crippen molar-refractivity contribution < 1.29 is 14.4 Å². The van der Waals surface area contributed by atoms with Crippen LogP contribution in [0.25, 0.3) is 0 Å². The third kappa shape index (κ3) is 5.28. The summed E-state index contributed by atoms with van der Waals surface area (Å²) in [7, 11) is 0. The van der Waals surface area contributed by atoms with Gasteiger partial charge in [0.25, 0.3) is 0 Å². The minimum Gasteiger partial charge on any atom is -0.376 e. The zero-order valence-electron chi connectivity index (χ0n) is 13.3. The van der Waals surface area contributed by atoms with Crippen LogP contribution in [0.1, 0.15) is 37.2 Å². The van der Waals surface area contributed by atoms with Gasteiger partial charge in [0.05, 0.1) is 12.6 Å². The molecule has 5 heteroatoms. The number of nitrogens with zero attached hydrogens (tertiary/aromatic N) is 1. The summed E-state index contributed by atoms with van der Waals surface area (Å²) < 4.78 is 0. The van der Waals surface area contributed by atoms with Crippen LogP contribution >= 0.6 is 0 Å². The van der Waals surface area contributed by atoms with E-state index in [1.54, 1.807) is 0 Å². The molecule has 0 amide bonds. The van der Waals surface area contributed by atoms with E-state index in [4.69, 9.17) is 0 Å². The highest BCUT2D eigenvalue weighted by atomic mass is 16.1. The van der Waals surface area contributed by atoms with Gasteiger partial charge in [0, 0.05) is 12.1 Å². The third-order valence-corrected chi connectivity index (χ3v) is 4.41. The highest BCUT2D eigenvalue weighted by Crippen LogP contribution is 2.28. The van der Waals surface area contributed by atoms with Crippen molar-refractivity contribution in [1.29, 1.82) is 0 Å². The quantitative estimate of drug-likeness (QED) is 0.706. The number of nitrogens with one attached hydrogen (secondary N) is 1. The number of carbonyl (C=O) groups is 3. The first kappa shape index (κ1) is 17.3. The Morgan fingerprint density at radius 2 is 1.78 bits per heavy atom. The maximum Gasteiger partial charge on any atom is 0.142 e. The summed E-state index contributed by atoms with van der Waals surface area (Å²) in [5.74, 6) is 0.531. The first-order chi connectivity index (χ1) is 11.3. The molecule has 1 atom stereocenters. The molecule has 1 N–H and O–H groups in total. The largest absolute Gasteiger partial charge is 0.376 e. The Hall–Kier alpha value is -2.01. The summed E-state index contributed by atoms with van der Waals surface area (Å²) in [4.78, 5) is 34.1. The lowest BCUT2D eigenvalue weighted by atomic mass is 9.89. The molecule has 0 spiro atoms. The molecule has 0 saturated carbocycles. The highest BCUT2D eigenvalue weighted by Gasteiger charge is 2.20. The Bertz CT molecular complexity index is 508. The monoisotopic (exact) mass is 316 g/mol. The lowest BCUT2D eigenvalue weighted by Gasteiger charge is -2.30. The van der Waals surface area contributed by atoms with Gasteiger partial charge in [-0.25, -0.2) is 0 Å². The zero-order chi connectivity index (χ0) is 16.5. The average Bonchev–Trinajstić information content (AvgIpc) is 2.60. The number of rotatable bonds is 9. The minimum atomic E-state index is -0.322. The van der Waals surface area contributed by atoms with Crippen LogP contribution in [0.5, 0.6) is 0 Å². The first-order valence-electron chi connectivity index (χ1n) is 8.18. The van der Waals surface area contributed by atoms with Gasteiger partial charge in [-0.3, -0.25) is 4.90 Å². The van der Waals surface area contributed by atoms with Crippen molar-refractivity contribution in [3.63, 3.8) is 0 Å². The van der Waals surface area contributed by atoms with E-state index >= 15 is 0 Å². The third-order valence-electron chi connectivity index (χ3n) is 4.41. The lowest BCUT2D eigenvalue weighted by molar-refractivity contribution is -0.110. The fourth-order valence-corrected chi connectivity index (χ4v) is 3.04. The van der Waals surface area contributed by atoms with Gasteiger partial charge in [0.1, 0.15) is 18.9 Å². The van der Waals surface area contributed by atoms with Crippen molar-refractivity contribution in [3.8, 4) is 0 Å². The molecule has 1 aromatic carbocycles. The maximum atomic E-state index is 11.0. The van der Waals surface area contributed by atoms with Gasteiger partial charge < -0.3 is 19.7 Å². The molecule has 1 heterocycles. The number of anilines is 1. The van der Waals surface area contributed by atoms with Crippen molar-refractivity contribution in [1.82, 2.24) is 4.90 Å². The molecule has 1 aromatic rings. The standard InChI is InChI=1S/C18H24N2O3/c21-12-1-2-18(14-23)19-17-5-3-15(4-6-17)16-7-9-20(10-8-16)11-13-22/h3-6,12-14,16,18-19H,1-2,7-11H2. The van der Waals surface area contributed by atoms with E-state index in [0.29, 0.717) is 25.3 Å². The fraction of sp³-hybridized carbons (Fsp3) is 0.500. The molecule has 1 saturated heterocycles. The number of benzene rings is 1. The van der Waals surface area contributed by atoms with Crippen molar-refractivity contribution in [2.45, 2.75) is 37.6 Å². The Kier molecular flexibility index (Phi) is 6.94. The molecule has 1 aliphatic rings. The molecule has 1 aliphatic heterocycles. The van der Waals surface area contributed by atoms with Crippen LogP contribution in [0.15, 0.2) is 24.3 Å². The topological polar surface area (TPSA) is 66.5 Å². The van der Waals surface area contributed by atoms with Gasteiger partial charge in [-0.15, -0.1) is 0 Å². The van der Waals surface area contributed by atoms with Crippen LogP contribution in [0, 0.1) is 0 Å². The predicted octanol–water partition coefficient (Wildman–Crippen LogP) is 2.02. The predicted molar refractivity (Wildman–Crippen MR) is 89.7 cm³/mol. The minimum absolute atomic E-state index is 0.322. The van der Waals surface area contributed by atoms with Crippen LogP contribution in [-0.2, 0) is 14.4 Å². The molecule has 2 rings (SSSR count). The van der Waals surface area contributed by atoms with Gasteiger partial charge in [0.15, 0.2) is 0 Å². The smallest absolute Gasteiger partial charge is 0.142 e. The van der Waals surface area contributed by atoms with E-state index in [0.717, 1.165) is 50.5 Å². The SMILES string of the molecule is O=CCCC(C=O)Nc1ccc(C2CCN(CC=O)CC2)cc1. The zero-order valence-corrected chi connectivity index (χ0v) is 13.3. The average molecular weight is 316 g/mol. The van der Waals surface area contributed by atoms with Crippen molar-refractivity contribution in [2.24, 2.45) is 0 Å². The number of carbonyl (C=O) groups excluding carboxylic acids is 3. The van der Waals surface area contributed by atoms with E-state index in [-0.39, 0.29) is 6.04 Å². The van der Waals surface area contributed by atoms with E-state index in [1.807, 2.05) is 12.1 Å². The lowest BCUT2D eigenvalue weighted by Crippen LogP contribution is -2.34. The maximum absolute atomic E-state index is 11.0. The Balaban J connectivity index is 1.88. The molecule has 1 unspecified atom stereocenters. The number of aldehydes is 3. The fourth-order valence-electron chi connectivity index (χ4n) is 3.04. The Morgan fingerprint density at radius 1 is 1.09 bits per heavy atom. The van der Waals surface area contributed by atoms with Crippen molar-refractivity contribution >= 4 is 24.5 Å². The van der Waals surface area contributed by atoms with E-state index in [1.165, 1.54) is 5.56 Å². The summed E-state index contributed by atoms with van der Waals surface area (Å²) in [6.45, 7) is 2.45. The molecule has 0 aromatic heterocycles. The number of likely N-dealkylation sites (tertiary alicyclic amines) is 1. The second-order valence-corrected chi connectivity index (χ2v) is 5.99. The second-order valence-electron chi connectivity index (χ2n) is 5.99.